The molecule has 0 aliphatic carbocycles. The second kappa shape index (κ2) is 4.16. The van der Waals surface area contributed by atoms with Crippen molar-refractivity contribution in [3.05, 3.63) is 0 Å². The quantitative estimate of drug-likeness (QED) is 0.507. The molecule has 1 aromatic rings. The molecule has 0 atom stereocenters. The van der Waals surface area contributed by atoms with Gasteiger partial charge < -0.3 is 15.1 Å². The molecule has 0 bridgehead atoms. The number of H-pyrrole nitrogens is 1. The topological polar surface area (TPSA) is 132 Å². The molecular formula is C5H7N5O4. The minimum Gasteiger partial charge on any atom is -0.480 e. The molecular weight excluding hydrogens is 194 g/mol. The number of hydrogen-bond donors (Lipinski definition) is 3. The normalized spacial score (nSPS) is 9.71. The maximum atomic E-state index is 10.4. The molecule has 0 amide bonds. The zero-order valence-electron chi connectivity index (χ0n) is 6.91. The third-order valence-electron chi connectivity index (χ3n) is 1.27. The van der Waals surface area contributed by atoms with Crippen molar-refractivity contribution in [3.63, 3.8) is 0 Å². The number of nitrogens with zero attached hydrogens (tertiary/aromatic N) is 4. The number of aliphatic carboxylic acids is 2. The van der Waals surface area contributed by atoms with Crippen molar-refractivity contribution >= 4 is 17.9 Å². The summed E-state index contributed by atoms with van der Waals surface area (Å²) in [5.41, 5.74) is 0. The first-order valence-corrected chi connectivity index (χ1v) is 3.51. The molecule has 0 saturated carbocycles. The van der Waals surface area contributed by atoms with Crippen molar-refractivity contribution < 1.29 is 19.8 Å². The molecule has 1 aromatic heterocycles. The van der Waals surface area contributed by atoms with Crippen LogP contribution in [0.4, 0.5) is 5.95 Å². The third-order valence-corrected chi connectivity index (χ3v) is 1.27. The number of aromatic amines is 1. The fourth-order valence-electron chi connectivity index (χ4n) is 0.814. The van der Waals surface area contributed by atoms with Crippen LogP contribution in [0.25, 0.3) is 0 Å². The molecule has 0 unspecified atom stereocenters. The summed E-state index contributed by atoms with van der Waals surface area (Å²) in [4.78, 5) is 21.7. The Labute approximate surface area is 77.3 Å². The number of hydrogen-bond acceptors (Lipinski definition) is 6. The van der Waals surface area contributed by atoms with Crippen molar-refractivity contribution in [2.75, 3.05) is 18.0 Å². The summed E-state index contributed by atoms with van der Waals surface area (Å²) in [7, 11) is 0. The van der Waals surface area contributed by atoms with E-state index in [0.717, 1.165) is 4.90 Å². The van der Waals surface area contributed by atoms with Crippen LogP contribution in [0.15, 0.2) is 0 Å². The maximum absolute atomic E-state index is 10.4. The Hall–Kier alpha value is -2.19. The number of nitrogens with one attached hydrogen (secondary N) is 1. The largest absolute Gasteiger partial charge is 0.480 e. The van der Waals surface area contributed by atoms with Gasteiger partial charge in [-0.1, -0.05) is 5.10 Å². The predicted molar refractivity (Wildman–Crippen MR) is 41.7 cm³/mol. The van der Waals surface area contributed by atoms with Gasteiger partial charge in [-0.15, -0.1) is 5.10 Å². The van der Waals surface area contributed by atoms with Crippen molar-refractivity contribution in [1.29, 1.82) is 0 Å². The SMILES string of the molecule is O=C(O)CN(CC(=O)O)c1nn[nH]n1. The number of carboxylic acid groups (broad SMARTS) is 2. The number of rotatable bonds is 5. The van der Waals surface area contributed by atoms with Gasteiger partial charge in [0.05, 0.1) is 0 Å². The molecule has 0 aliphatic heterocycles. The van der Waals surface area contributed by atoms with Crippen LogP contribution in [0.2, 0.25) is 0 Å². The number of anilines is 1. The highest BCUT2D eigenvalue weighted by Gasteiger charge is 2.17. The van der Waals surface area contributed by atoms with Gasteiger partial charge in [-0.2, -0.15) is 5.21 Å². The highest BCUT2D eigenvalue weighted by Crippen LogP contribution is 2.01. The van der Waals surface area contributed by atoms with Gasteiger partial charge in [-0.05, 0) is 5.21 Å². The number of tetrazole rings is 1. The average molecular weight is 201 g/mol. The molecule has 0 spiro atoms. The van der Waals surface area contributed by atoms with E-state index in [1.54, 1.807) is 0 Å². The number of aromatic nitrogens is 4. The minimum atomic E-state index is -1.17. The van der Waals surface area contributed by atoms with E-state index in [4.69, 9.17) is 10.2 Å². The predicted octanol–water partition coefficient (Wildman–Crippen LogP) is -1.82. The monoisotopic (exact) mass is 201 g/mol. The zero-order valence-corrected chi connectivity index (χ0v) is 6.91. The summed E-state index contributed by atoms with van der Waals surface area (Å²) in [5.74, 6) is -2.40. The standard InChI is InChI=1S/C5H7N5O4/c11-3(12)1-10(2-4(13)14)5-6-8-9-7-5/h1-2H2,(H,11,12)(H,13,14)(H,6,7,8,9). The van der Waals surface area contributed by atoms with E-state index in [2.05, 4.69) is 20.6 Å². The third kappa shape index (κ3) is 2.69. The van der Waals surface area contributed by atoms with Crippen LogP contribution in [0.3, 0.4) is 0 Å². The van der Waals surface area contributed by atoms with Crippen LogP contribution in [0, 0.1) is 0 Å². The van der Waals surface area contributed by atoms with Crippen molar-refractivity contribution in [2.45, 2.75) is 0 Å². The average Bonchev–Trinajstić information content (AvgIpc) is 2.52. The summed E-state index contributed by atoms with van der Waals surface area (Å²) in [6.45, 7) is -0.988. The smallest absolute Gasteiger partial charge is 0.323 e. The molecule has 0 fully saturated rings. The Morgan fingerprint density at radius 2 is 1.86 bits per heavy atom. The molecule has 0 saturated heterocycles. The second-order valence-corrected chi connectivity index (χ2v) is 2.36. The van der Waals surface area contributed by atoms with Gasteiger partial charge in [-0.25, -0.2) is 0 Å². The fourth-order valence-corrected chi connectivity index (χ4v) is 0.814. The molecule has 76 valence electrons. The first-order chi connectivity index (χ1) is 6.59. The van der Waals surface area contributed by atoms with Crippen molar-refractivity contribution in [2.24, 2.45) is 0 Å². The van der Waals surface area contributed by atoms with Gasteiger partial charge >= 0.3 is 11.9 Å². The lowest BCUT2D eigenvalue weighted by Gasteiger charge is -2.14. The first kappa shape index (κ1) is 9.89. The molecule has 0 radical (unpaired) electrons. The Kier molecular flexibility index (Phi) is 2.94. The second-order valence-electron chi connectivity index (χ2n) is 2.36. The minimum absolute atomic E-state index is 0.0604. The van der Waals surface area contributed by atoms with E-state index in [1.807, 2.05) is 0 Å². The highest BCUT2D eigenvalue weighted by atomic mass is 16.4. The Bertz CT molecular complexity index is 307. The first-order valence-electron chi connectivity index (χ1n) is 3.51. The lowest BCUT2D eigenvalue weighted by atomic mass is 10.5. The summed E-state index contributed by atoms with van der Waals surface area (Å²) >= 11 is 0. The molecule has 9 nitrogen and oxygen atoms in total. The molecule has 3 N–H and O–H groups in total. The van der Waals surface area contributed by atoms with Gasteiger partial charge in [-0.3, -0.25) is 9.59 Å². The van der Waals surface area contributed by atoms with Crippen molar-refractivity contribution in [3.8, 4) is 0 Å². The number of carboxylic acids is 2. The van der Waals surface area contributed by atoms with Gasteiger partial charge in [0, 0.05) is 0 Å². The van der Waals surface area contributed by atoms with Gasteiger partial charge in [0.1, 0.15) is 13.1 Å². The van der Waals surface area contributed by atoms with Gasteiger partial charge in [0.25, 0.3) is 5.95 Å². The van der Waals surface area contributed by atoms with Crippen LogP contribution in [0.1, 0.15) is 0 Å². The van der Waals surface area contributed by atoms with Crippen molar-refractivity contribution in [1.82, 2.24) is 20.6 Å². The summed E-state index contributed by atoms with van der Waals surface area (Å²) in [5, 5.41) is 29.2. The Morgan fingerprint density at radius 1 is 1.29 bits per heavy atom. The van der Waals surface area contributed by atoms with Gasteiger partial charge in [0.2, 0.25) is 0 Å². The maximum Gasteiger partial charge on any atom is 0.323 e. The van der Waals surface area contributed by atoms with E-state index >= 15 is 0 Å². The molecule has 0 aromatic carbocycles. The van der Waals surface area contributed by atoms with E-state index in [-0.39, 0.29) is 5.95 Å². The lowest BCUT2D eigenvalue weighted by Crippen LogP contribution is -2.35. The van der Waals surface area contributed by atoms with Gasteiger partial charge in [0.15, 0.2) is 0 Å². The van der Waals surface area contributed by atoms with Crippen LogP contribution in [0.5, 0.6) is 0 Å². The summed E-state index contributed by atoms with van der Waals surface area (Å²) < 4.78 is 0. The summed E-state index contributed by atoms with van der Waals surface area (Å²) in [6.07, 6.45) is 0. The number of carbonyl (C=O) groups is 2. The fraction of sp³-hybridized carbons (Fsp3) is 0.400. The molecule has 1 heterocycles. The highest BCUT2D eigenvalue weighted by molar-refractivity contribution is 5.78. The van der Waals surface area contributed by atoms with Crippen LogP contribution in [-0.4, -0.2) is 55.9 Å². The van der Waals surface area contributed by atoms with E-state index < -0.39 is 25.0 Å². The van der Waals surface area contributed by atoms with E-state index in [0.29, 0.717) is 0 Å². The molecule has 0 aliphatic rings. The summed E-state index contributed by atoms with van der Waals surface area (Å²) in [6, 6.07) is 0. The van der Waals surface area contributed by atoms with E-state index in [1.165, 1.54) is 0 Å². The molecule has 9 heteroatoms. The Balaban J connectivity index is 2.71. The van der Waals surface area contributed by atoms with Crippen LogP contribution in [-0.2, 0) is 9.59 Å². The zero-order chi connectivity index (χ0) is 10.6. The Morgan fingerprint density at radius 3 is 2.21 bits per heavy atom. The van der Waals surface area contributed by atoms with E-state index in [9.17, 15) is 9.59 Å². The lowest BCUT2D eigenvalue weighted by molar-refractivity contribution is -0.136. The van der Waals surface area contributed by atoms with Crippen LogP contribution < -0.4 is 4.90 Å². The van der Waals surface area contributed by atoms with Crippen LogP contribution >= 0.6 is 0 Å². The molecule has 14 heavy (non-hydrogen) atoms. The molecule has 1 rings (SSSR count).